The van der Waals surface area contributed by atoms with E-state index in [4.69, 9.17) is 5.11 Å². The lowest BCUT2D eigenvalue weighted by Crippen LogP contribution is -2.40. The van der Waals surface area contributed by atoms with Gasteiger partial charge in [-0.1, -0.05) is 0 Å². The van der Waals surface area contributed by atoms with E-state index >= 15 is 0 Å². The third-order valence-electron chi connectivity index (χ3n) is 3.02. The molecule has 2 N–H and O–H groups in total. The lowest BCUT2D eigenvalue weighted by molar-refractivity contribution is -0.142. The van der Waals surface area contributed by atoms with Gasteiger partial charge in [-0.2, -0.15) is 0 Å². The minimum absolute atomic E-state index is 0.135. The zero-order chi connectivity index (χ0) is 8.55. The van der Waals surface area contributed by atoms with Crippen LogP contribution < -0.4 is 5.32 Å². The highest BCUT2D eigenvalue weighted by molar-refractivity contribution is 5.70. The fourth-order valence-corrected chi connectivity index (χ4v) is 2.09. The van der Waals surface area contributed by atoms with Crippen LogP contribution in [0.1, 0.15) is 19.3 Å². The largest absolute Gasteiger partial charge is 0.481 e. The Labute approximate surface area is 72.2 Å². The highest BCUT2D eigenvalue weighted by Gasteiger charge is 2.36. The minimum atomic E-state index is -0.632. The monoisotopic (exact) mass is 169 g/mol. The second-order valence-corrected chi connectivity index (χ2v) is 4.03. The molecule has 0 amide bonds. The number of aliphatic carboxylic acids is 1. The van der Waals surface area contributed by atoms with Crippen molar-refractivity contribution in [3.05, 3.63) is 0 Å². The molecule has 3 nitrogen and oxygen atoms in total. The van der Waals surface area contributed by atoms with E-state index in [0.717, 1.165) is 18.9 Å². The lowest BCUT2D eigenvalue weighted by atomic mass is 9.87. The number of carbonyl (C=O) groups is 1. The Morgan fingerprint density at radius 3 is 2.58 bits per heavy atom. The fourth-order valence-electron chi connectivity index (χ4n) is 2.09. The van der Waals surface area contributed by atoms with Crippen LogP contribution in [0.2, 0.25) is 0 Å². The first-order chi connectivity index (χ1) is 5.77. The smallest absolute Gasteiger partial charge is 0.307 e. The lowest BCUT2D eigenvalue weighted by Gasteiger charge is -2.27. The van der Waals surface area contributed by atoms with Crippen LogP contribution in [0.15, 0.2) is 0 Å². The molecular weight excluding hydrogens is 154 g/mol. The van der Waals surface area contributed by atoms with Crippen LogP contribution in [-0.2, 0) is 4.79 Å². The van der Waals surface area contributed by atoms with Crippen molar-refractivity contribution in [1.29, 1.82) is 0 Å². The van der Waals surface area contributed by atoms with Crippen LogP contribution >= 0.6 is 0 Å². The number of nitrogens with one attached hydrogen (secondary N) is 1. The summed E-state index contributed by atoms with van der Waals surface area (Å²) in [4.78, 5) is 10.7. The van der Waals surface area contributed by atoms with Crippen LogP contribution in [0.5, 0.6) is 0 Å². The van der Waals surface area contributed by atoms with Crippen molar-refractivity contribution in [2.75, 3.05) is 13.1 Å². The summed E-state index contributed by atoms with van der Waals surface area (Å²) < 4.78 is 0. The molecule has 2 unspecified atom stereocenters. The van der Waals surface area contributed by atoms with E-state index in [-0.39, 0.29) is 5.92 Å². The average molecular weight is 169 g/mol. The van der Waals surface area contributed by atoms with Crippen LogP contribution in [0, 0.1) is 17.8 Å². The van der Waals surface area contributed by atoms with Crippen LogP contribution in [0.4, 0.5) is 0 Å². The second-order valence-electron chi connectivity index (χ2n) is 4.03. The van der Waals surface area contributed by atoms with E-state index in [0.29, 0.717) is 12.5 Å². The Morgan fingerprint density at radius 1 is 1.25 bits per heavy atom. The molecular formula is C9H15NO2. The molecule has 1 saturated carbocycles. The topological polar surface area (TPSA) is 49.3 Å². The summed E-state index contributed by atoms with van der Waals surface area (Å²) >= 11 is 0. The summed E-state index contributed by atoms with van der Waals surface area (Å²) in [6, 6.07) is 0. The van der Waals surface area contributed by atoms with E-state index in [1.807, 2.05) is 0 Å². The Balaban J connectivity index is 1.89. The molecule has 0 radical (unpaired) electrons. The van der Waals surface area contributed by atoms with Gasteiger partial charge in [0.2, 0.25) is 0 Å². The van der Waals surface area contributed by atoms with Gasteiger partial charge in [0.1, 0.15) is 0 Å². The molecule has 2 rings (SSSR count). The highest BCUT2D eigenvalue weighted by Crippen LogP contribution is 2.40. The number of hydrogen-bond donors (Lipinski definition) is 2. The number of rotatable bonds is 2. The van der Waals surface area contributed by atoms with Gasteiger partial charge in [-0.15, -0.1) is 0 Å². The molecule has 1 heterocycles. The molecule has 68 valence electrons. The first-order valence-corrected chi connectivity index (χ1v) is 4.71. The molecule has 0 aromatic carbocycles. The molecule has 0 aromatic rings. The van der Waals surface area contributed by atoms with Gasteiger partial charge in [0.05, 0.1) is 5.92 Å². The van der Waals surface area contributed by atoms with E-state index in [9.17, 15) is 4.79 Å². The normalized spacial score (nSPS) is 36.3. The minimum Gasteiger partial charge on any atom is -0.481 e. The van der Waals surface area contributed by atoms with Crippen molar-refractivity contribution in [3.63, 3.8) is 0 Å². The van der Waals surface area contributed by atoms with Gasteiger partial charge in [0, 0.05) is 6.54 Å². The van der Waals surface area contributed by atoms with Gasteiger partial charge < -0.3 is 10.4 Å². The molecule has 1 aliphatic carbocycles. The summed E-state index contributed by atoms with van der Waals surface area (Å²) in [6.07, 6.45) is 3.53. The third-order valence-corrected chi connectivity index (χ3v) is 3.02. The number of carboxylic acid groups (broad SMARTS) is 1. The summed E-state index contributed by atoms with van der Waals surface area (Å²) in [6.45, 7) is 1.70. The maximum atomic E-state index is 10.7. The first-order valence-electron chi connectivity index (χ1n) is 4.71. The van der Waals surface area contributed by atoms with Gasteiger partial charge in [0.15, 0.2) is 0 Å². The number of carboxylic acids is 1. The standard InChI is InChI=1S/C9H15NO2/c11-9(12)8-3-7(4-10-5-8)6-1-2-6/h6-8,10H,1-5H2,(H,11,12). The highest BCUT2D eigenvalue weighted by atomic mass is 16.4. The van der Waals surface area contributed by atoms with Crippen molar-refractivity contribution in [2.24, 2.45) is 17.8 Å². The number of hydrogen-bond acceptors (Lipinski definition) is 2. The molecule has 3 heteroatoms. The Kier molecular flexibility index (Phi) is 2.05. The van der Waals surface area contributed by atoms with Crippen molar-refractivity contribution in [2.45, 2.75) is 19.3 Å². The quantitative estimate of drug-likeness (QED) is 0.640. The number of piperidine rings is 1. The molecule has 1 aliphatic heterocycles. The predicted octanol–water partition coefficient (Wildman–Crippen LogP) is 0.707. The van der Waals surface area contributed by atoms with E-state index < -0.39 is 5.97 Å². The molecule has 2 atom stereocenters. The summed E-state index contributed by atoms with van der Waals surface area (Å²) in [5.41, 5.74) is 0. The third kappa shape index (κ3) is 1.61. The Hall–Kier alpha value is -0.570. The van der Waals surface area contributed by atoms with Gasteiger partial charge in [-0.25, -0.2) is 0 Å². The van der Waals surface area contributed by atoms with E-state index in [2.05, 4.69) is 5.32 Å². The van der Waals surface area contributed by atoms with Gasteiger partial charge in [-0.05, 0) is 37.6 Å². The summed E-state index contributed by atoms with van der Waals surface area (Å²) in [7, 11) is 0. The summed E-state index contributed by atoms with van der Waals surface area (Å²) in [5, 5.41) is 12.0. The van der Waals surface area contributed by atoms with Crippen molar-refractivity contribution >= 4 is 5.97 Å². The van der Waals surface area contributed by atoms with Crippen LogP contribution in [-0.4, -0.2) is 24.2 Å². The SMILES string of the molecule is O=C(O)C1CNCC(C2CC2)C1. The Morgan fingerprint density at radius 2 is 2.00 bits per heavy atom. The maximum absolute atomic E-state index is 10.7. The average Bonchev–Trinajstić information content (AvgIpc) is 2.87. The van der Waals surface area contributed by atoms with Crippen LogP contribution in [0.3, 0.4) is 0 Å². The molecule has 0 bridgehead atoms. The van der Waals surface area contributed by atoms with E-state index in [1.54, 1.807) is 0 Å². The van der Waals surface area contributed by atoms with Crippen LogP contribution in [0.25, 0.3) is 0 Å². The Bertz CT molecular complexity index is 189. The molecule has 12 heavy (non-hydrogen) atoms. The summed E-state index contributed by atoms with van der Waals surface area (Å²) in [5.74, 6) is 0.705. The fraction of sp³-hybridized carbons (Fsp3) is 0.889. The van der Waals surface area contributed by atoms with Crippen molar-refractivity contribution in [1.82, 2.24) is 5.32 Å². The first kappa shape index (κ1) is 8.05. The zero-order valence-corrected chi connectivity index (χ0v) is 7.12. The molecule has 0 spiro atoms. The second kappa shape index (κ2) is 3.05. The molecule has 2 aliphatic rings. The van der Waals surface area contributed by atoms with Gasteiger partial charge >= 0.3 is 5.97 Å². The zero-order valence-electron chi connectivity index (χ0n) is 7.12. The molecule has 0 aromatic heterocycles. The van der Waals surface area contributed by atoms with E-state index in [1.165, 1.54) is 12.8 Å². The van der Waals surface area contributed by atoms with Gasteiger partial charge in [-0.3, -0.25) is 4.79 Å². The molecule has 1 saturated heterocycles. The van der Waals surface area contributed by atoms with Crippen molar-refractivity contribution < 1.29 is 9.90 Å². The van der Waals surface area contributed by atoms with Gasteiger partial charge in [0.25, 0.3) is 0 Å². The maximum Gasteiger partial charge on any atom is 0.307 e. The van der Waals surface area contributed by atoms with Crippen molar-refractivity contribution in [3.8, 4) is 0 Å². The molecule has 2 fully saturated rings. The predicted molar refractivity (Wildman–Crippen MR) is 44.8 cm³/mol.